The van der Waals surface area contributed by atoms with Crippen molar-refractivity contribution in [2.45, 2.75) is 69.6 Å². The molecule has 148 valence electrons. The van der Waals surface area contributed by atoms with Crippen LogP contribution >= 0.6 is 0 Å². The van der Waals surface area contributed by atoms with Gasteiger partial charge in [0.2, 0.25) is 0 Å². The molecular weight excluding hydrogens is 354 g/mol. The normalized spacial score (nSPS) is 12.3. The van der Waals surface area contributed by atoms with Gasteiger partial charge in [-0.25, -0.2) is 0 Å². The van der Waals surface area contributed by atoms with E-state index >= 15 is 0 Å². The Morgan fingerprint density at radius 3 is 2.15 bits per heavy atom. The molecule has 0 spiro atoms. The summed E-state index contributed by atoms with van der Waals surface area (Å²) in [6.07, 6.45) is 14.1. The SMILES string of the molecule is CCCCCCCCCCc1c(-c2ccccc2)c([S+](C)[O-])cn(C)c1=O. The van der Waals surface area contributed by atoms with Crippen molar-refractivity contribution in [1.82, 2.24) is 4.57 Å². The van der Waals surface area contributed by atoms with Crippen LogP contribution in [0, 0.1) is 0 Å². The van der Waals surface area contributed by atoms with Gasteiger partial charge in [0.25, 0.3) is 5.56 Å². The number of rotatable bonds is 11. The van der Waals surface area contributed by atoms with E-state index < -0.39 is 11.2 Å². The number of hydrogen-bond donors (Lipinski definition) is 0. The van der Waals surface area contributed by atoms with Gasteiger partial charge in [0.1, 0.15) is 6.26 Å². The van der Waals surface area contributed by atoms with E-state index in [9.17, 15) is 9.35 Å². The summed E-state index contributed by atoms with van der Waals surface area (Å²) in [4.78, 5) is 13.6. The topological polar surface area (TPSA) is 45.1 Å². The fourth-order valence-corrected chi connectivity index (χ4v) is 4.41. The minimum absolute atomic E-state index is 0.0333. The highest BCUT2D eigenvalue weighted by Crippen LogP contribution is 2.30. The molecule has 0 aliphatic rings. The monoisotopic (exact) mass is 387 g/mol. The molecule has 2 rings (SSSR count). The molecule has 0 N–H and O–H groups in total. The van der Waals surface area contributed by atoms with Crippen LogP contribution in [0.15, 0.2) is 46.2 Å². The first-order valence-electron chi connectivity index (χ1n) is 10.2. The average Bonchev–Trinajstić information content (AvgIpc) is 2.67. The lowest BCUT2D eigenvalue weighted by atomic mass is 9.96. The second kappa shape index (κ2) is 11.4. The maximum Gasteiger partial charge on any atom is 0.254 e. The molecule has 27 heavy (non-hydrogen) atoms. The van der Waals surface area contributed by atoms with Crippen molar-refractivity contribution in [3.8, 4) is 11.1 Å². The predicted molar refractivity (Wildman–Crippen MR) is 116 cm³/mol. The molecule has 0 fully saturated rings. The lowest BCUT2D eigenvalue weighted by Crippen LogP contribution is -2.24. The molecule has 0 bridgehead atoms. The number of pyridine rings is 1. The van der Waals surface area contributed by atoms with Crippen LogP contribution in [0.2, 0.25) is 0 Å². The van der Waals surface area contributed by atoms with Crippen molar-refractivity contribution < 1.29 is 4.55 Å². The highest BCUT2D eigenvalue weighted by Gasteiger charge is 2.21. The Hall–Kier alpha value is -1.52. The van der Waals surface area contributed by atoms with Gasteiger partial charge in [0.15, 0.2) is 4.90 Å². The van der Waals surface area contributed by atoms with Crippen LogP contribution in [-0.4, -0.2) is 15.4 Å². The van der Waals surface area contributed by atoms with E-state index in [0.29, 0.717) is 0 Å². The third kappa shape index (κ3) is 6.25. The molecule has 4 heteroatoms. The average molecular weight is 388 g/mol. The molecule has 0 saturated carbocycles. The molecule has 0 aliphatic carbocycles. The van der Waals surface area contributed by atoms with Gasteiger partial charge < -0.3 is 9.12 Å². The number of nitrogens with zero attached hydrogens (tertiary/aromatic N) is 1. The Kier molecular flexibility index (Phi) is 9.16. The molecule has 3 nitrogen and oxygen atoms in total. The molecular formula is C23H33NO2S. The third-order valence-electron chi connectivity index (χ3n) is 5.09. The van der Waals surface area contributed by atoms with Crippen molar-refractivity contribution in [2.75, 3.05) is 6.26 Å². The fraction of sp³-hybridized carbons (Fsp3) is 0.522. The van der Waals surface area contributed by atoms with Gasteiger partial charge >= 0.3 is 0 Å². The Bertz CT molecular complexity index is 753. The maximum atomic E-state index is 12.8. The van der Waals surface area contributed by atoms with Crippen LogP contribution in [0.3, 0.4) is 0 Å². The van der Waals surface area contributed by atoms with E-state index in [1.54, 1.807) is 24.1 Å². The summed E-state index contributed by atoms with van der Waals surface area (Å²) < 4.78 is 13.9. The van der Waals surface area contributed by atoms with Gasteiger partial charge in [-0.15, -0.1) is 0 Å². The van der Waals surface area contributed by atoms with Crippen LogP contribution in [-0.2, 0) is 24.6 Å². The zero-order valence-electron chi connectivity index (χ0n) is 17.0. The van der Waals surface area contributed by atoms with Crippen molar-refractivity contribution in [2.24, 2.45) is 7.05 Å². The molecule has 1 atom stereocenters. The van der Waals surface area contributed by atoms with Crippen LogP contribution in [0.4, 0.5) is 0 Å². The van der Waals surface area contributed by atoms with E-state index in [0.717, 1.165) is 40.8 Å². The molecule has 0 amide bonds. The lowest BCUT2D eigenvalue weighted by Gasteiger charge is -2.16. The second-order valence-corrected chi connectivity index (χ2v) is 8.66. The quantitative estimate of drug-likeness (QED) is 0.379. The summed E-state index contributed by atoms with van der Waals surface area (Å²) in [5.41, 5.74) is 2.70. The van der Waals surface area contributed by atoms with Gasteiger partial charge in [-0.05, 0) is 29.6 Å². The third-order valence-corrected chi connectivity index (χ3v) is 6.02. The Morgan fingerprint density at radius 1 is 0.963 bits per heavy atom. The van der Waals surface area contributed by atoms with E-state index in [2.05, 4.69) is 6.92 Å². The summed E-state index contributed by atoms with van der Waals surface area (Å²) in [5.74, 6) is 0. The highest BCUT2D eigenvalue weighted by atomic mass is 32.2. The molecule has 1 aromatic carbocycles. The maximum absolute atomic E-state index is 12.8. The van der Waals surface area contributed by atoms with Gasteiger partial charge in [-0.3, -0.25) is 4.79 Å². The Morgan fingerprint density at radius 2 is 1.56 bits per heavy atom. The molecule has 0 radical (unpaired) electrons. The number of hydrogen-bond acceptors (Lipinski definition) is 2. The number of aromatic nitrogens is 1. The van der Waals surface area contributed by atoms with Crippen molar-refractivity contribution in [3.63, 3.8) is 0 Å². The number of aryl methyl sites for hydroxylation is 1. The summed E-state index contributed by atoms with van der Waals surface area (Å²) in [5, 5.41) is 0. The van der Waals surface area contributed by atoms with E-state index in [-0.39, 0.29) is 5.56 Å². The van der Waals surface area contributed by atoms with Gasteiger partial charge in [-0.2, -0.15) is 0 Å². The highest BCUT2D eigenvalue weighted by molar-refractivity contribution is 7.90. The molecule has 1 heterocycles. The van der Waals surface area contributed by atoms with Crippen molar-refractivity contribution >= 4 is 11.2 Å². The predicted octanol–water partition coefficient (Wildman–Crippen LogP) is 5.47. The second-order valence-electron chi connectivity index (χ2n) is 7.31. The minimum Gasteiger partial charge on any atom is -0.612 e. The lowest BCUT2D eigenvalue weighted by molar-refractivity contribution is 0.574. The molecule has 2 aromatic rings. The first kappa shape index (κ1) is 21.8. The zero-order chi connectivity index (χ0) is 19.6. The first-order chi connectivity index (χ1) is 13.1. The summed E-state index contributed by atoms with van der Waals surface area (Å²) in [7, 11) is 1.75. The Balaban J connectivity index is 2.16. The fourth-order valence-electron chi connectivity index (χ4n) is 3.57. The minimum atomic E-state index is -1.14. The molecule has 0 aliphatic heterocycles. The summed E-state index contributed by atoms with van der Waals surface area (Å²) in [6, 6.07) is 9.90. The van der Waals surface area contributed by atoms with Gasteiger partial charge in [-0.1, -0.05) is 82.2 Å². The molecule has 0 saturated heterocycles. The number of benzene rings is 1. The van der Waals surface area contributed by atoms with Gasteiger partial charge in [0, 0.05) is 18.2 Å². The standard InChI is InChI=1S/C23H33NO2S/c1-4-5-6-7-8-9-10-14-17-20-22(19-15-12-11-13-16-19)21(27(3)26)18-24(2)23(20)25/h11-13,15-16,18H,4-10,14,17H2,1-3H3. The van der Waals surface area contributed by atoms with Crippen molar-refractivity contribution in [3.05, 3.63) is 52.4 Å². The molecule has 1 aromatic heterocycles. The largest absolute Gasteiger partial charge is 0.612 e. The summed E-state index contributed by atoms with van der Waals surface area (Å²) in [6.45, 7) is 2.24. The van der Waals surface area contributed by atoms with Crippen LogP contribution in [0.25, 0.3) is 11.1 Å². The van der Waals surface area contributed by atoms with Crippen LogP contribution in [0.1, 0.15) is 63.9 Å². The zero-order valence-corrected chi connectivity index (χ0v) is 17.8. The smallest absolute Gasteiger partial charge is 0.254 e. The van der Waals surface area contributed by atoms with Gasteiger partial charge in [0.05, 0.1) is 6.20 Å². The molecule has 1 unspecified atom stereocenters. The van der Waals surface area contributed by atoms with E-state index in [1.807, 2.05) is 30.3 Å². The van der Waals surface area contributed by atoms with Crippen molar-refractivity contribution in [1.29, 1.82) is 0 Å². The van der Waals surface area contributed by atoms with E-state index in [4.69, 9.17) is 0 Å². The van der Waals surface area contributed by atoms with Crippen LogP contribution in [0.5, 0.6) is 0 Å². The van der Waals surface area contributed by atoms with Crippen LogP contribution < -0.4 is 5.56 Å². The first-order valence-corrected chi connectivity index (χ1v) is 11.7. The number of unbranched alkanes of at least 4 members (excludes halogenated alkanes) is 7. The Labute approximate surface area is 167 Å². The van der Waals surface area contributed by atoms with E-state index in [1.165, 1.54) is 38.5 Å². The summed E-state index contributed by atoms with van der Waals surface area (Å²) >= 11 is -1.14.